The molecule has 0 saturated carbocycles. The molecule has 1 aromatic heterocycles. The molecule has 2 aromatic rings. The first-order chi connectivity index (χ1) is 10.3. The lowest BCUT2D eigenvalue weighted by Crippen LogP contribution is -2.37. The van der Waals surface area contributed by atoms with Crippen molar-refractivity contribution < 1.29 is 0 Å². The molecule has 0 aliphatic rings. The second-order valence-electron chi connectivity index (χ2n) is 4.38. The van der Waals surface area contributed by atoms with Gasteiger partial charge in [-0.05, 0) is 19.1 Å². The minimum absolute atomic E-state index is 0.453. The molecule has 0 radical (unpaired) electrons. The number of benzene rings is 1. The predicted molar refractivity (Wildman–Crippen MR) is 85.2 cm³/mol. The first-order valence-electron chi connectivity index (χ1n) is 6.88. The summed E-state index contributed by atoms with van der Waals surface area (Å²) in [7, 11) is 0. The lowest BCUT2D eigenvalue weighted by atomic mass is 10.3. The molecule has 5 nitrogen and oxygen atoms in total. The Balaban J connectivity index is 2.03. The monoisotopic (exact) mass is 281 g/mol. The molecule has 0 atom stereocenters. The van der Waals surface area contributed by atoms with Crippen molar-refractivity contribution >= 4 is 5.96 Å². The fraction of sp³-hybridized carbons (Fsp3) is 0.250. The van der Waals surface area contributed by atoms with Crippen LogP contribution in [0.2, 0.25) is 0 Å². The van der Waals surface area contributed by atoms with E-state index < -0.39 is 0 Å². The zero-order chi connectivity index (χ0) is 14.9. The number of aliphatic imine (C=N–C) groups is 1. The van der Waals surface area contributed by atoms with Gasteiger partial charge in [-0.3, -0.25) is 0 Å². The maximum atomic E-state index is 5.24. The third-order valence-corrected chi connectivity index (χ3v) is 2.78. The van der Waals surface area contributed by atoms with Crippen LogP contribution in [0.3, 0.4) is 0 Å². The van der Waals surface area contributed by atoms with E-state index in [1.54, 1.807) is 0 Å². The number of terminal acetylenes is 1. The Labute approximate surface area is 125 Å². The fourth-order valence-electron chi connectivity index (χ4n) is 1.81. The Morgan fingerprint density at radius 3 is 2.86 bits per heavy atom. The Hall–Kier alpha value is -2.74. The van der Waals surface area contributed by atoms with E-state index in [1.807, 2.05) is 54.3 Å². The highest BCUT2D eigenvalue weighted by atomic mass is 15.3. The van der Waals surface area contributed by atoms with E-state index in [2.05, 4.69) is 26.6 Å². The van der Waals surface area contributed by atoms with Gasteiger partial charge in [0.05, 0.1) is 25.0 Å². The van der Waals surface area contributed by atoms with Crippen LogP contribution >= 0.6 is 0 Å². The lowest BCUT2D eigenvalue weighted by molar-refractivity contribution is 0.863. The summed E-state index contributed by atoms with van der Waals surface area (Å²) in [4.78, 5) is 4.47. The second kappa shape index (κ2) is 7.75. The topological polar surface area (TPSA) is 54.2 Å². The Morgan fingerprint density at radius 2 is 2.14 bits per heavy atom. The molecule has 0 amide bonds. The van der Waals surface area contributed by atoms with Crippen LogP contribution in [0.15, 0.2) is 47.7 Å². The lowest BCUT2D eigenvalue weighted by Gasteiger charge is -2.07. The van der Waals surface area contributed by atoms with Gasteiger partial charge in [0.15, 0.2) is 5.96 Å². The summed E-state index contributed by atoms with van der Waals surface area (Å²) in [6, 6.07) is 9.99. The first kappa shape index (κ1) is 14.7. The highest BCUT2D eigenvalue weighted by molar-refractivity contribution is 5.79. The standard InChI is InChI=1S/C16H19N5/c1-3-10-18-16(17-4-2)19-11-14-12-20-21(13-14)15-8-6-5-7-9-15/h1,5-9,12-13H,4,10-11H2,2H3,(H2,17,18,19). The van der Waals surface area contributed by atoms with Crippen LogP contribution in [-0.4, -0.2) is 28.8 Å². The minimum atomic E-state index is 0.453. The Kier molecular flexibility index (Phi) is 5.41. The number of rotatable bonds is 5. The molecule has 0 aliphatic carbocycles. The van der Waals surface area contributed by atoms with Crippen molar-refractivity contribution in [2.45, 2.75) is 13.5 Å². The van der Waals surface area contributed by atoms with Crippen LogP contribution in [0.1, 0.15) is 12.5 Å². The van der Waals surface area contributed by atoms with Gasteiger partial charge in [-0.1, -0.05) is 24.1 Å². The van der Waals surface area contributed by atoms with Gasteiger partial charge in [0, 0.05) is 18.3 Å². The quantitative estimate of drug-likeness (QED) is 0.497. The molecule has 0 saturated heterocycles. The van der Waals surface area contributed by atoms with Crippen molar-refractivity contribution in [2.24, 2.45) is 4.99 Å². The smallest absolute Gasteiger partial charge is 0.192 e. The average molecular weight is 281 g/mol. The fourth-order valence-corrected chi connectivity index (χ4v) is 1.81. The molecule has 1 heterocycles. The Morgan fingerprint density at radius 1 is 1.33 bits per heavy atom. The summed E-state index contributed by atoms with van der Waals surface area (Å²) in [5.74, 6) is 3.24. The summed E-state index contributed by atoms with van der Waals surface area (Å²) in [5, 5.41) is 10.5. The number of nitrogens with one attached hydrogen (secondary N) is 2. The minimum Gasteiger partial charge on any atom is -0.357 e. The summed E-state index contributed by atoms with van der Waals surface area (Å²) >= 11 is 0. The maximum absolute atomic E-state index is 5.24. The van der Waals surface area contributed by atoms with Gasteiger partial charge < -0.3 is 10.6 Å². The van der Waals surface area contributed by atoms with Crippen molar-refractivity contribution in [1.82, 2.24) is 20.4 Å². The highest BCUT2D eigenvalue weighted by Gasteiger charge is 2.01. The summed E-state index contributed by atoms with van der Waals surface area (Å²) in [5.41, 5.74) is 2.07. The molecule has 108 valence electrons. The number of hydrogen-bond acceptors (Lipinski definition) is 2. The van der Waals surface area contributed by atoms with E-state index in [4.69, 9.17) is 6.42 Å². The van der Waals surface area contributed by atoms with Gasteiger partial charge in [-0.25, -0.2) is 9.67 Å². The van der Waals surface area contributed by atoms with Crippen LogP contribution in [0.4, 0.5) is 0 Å². The molecule has 2 rings (SSSR count). The normalized spacial score (nSPS) is 11.0. The van der Waals surface area contributed by atoms with Gasteiger partial charge >= 0.3 is 0 Å². The van der Waals surface area contributed by atoms with Gasteiger partial charge in [0.2, 0.25) is 0 Å². The molecule has 0 aliphatic heterocycles. The van der Waals surface area contributed by atoms with Crippen LogP contribution in [0, 0.1) is 12.3 Å². The molecular formula is C16H19N5. The molecule has 1 aromatic carbocycles. The van der Waals surface area contributed by atoms with Gasteiger partial charge in [0.25, 0.3) is 0 Å². The second-order valence-corrected chi connectivity index (χ2v) is 4.38. The van der Waals surface area contributed by atoms with E-state index in [0.29, 0.717) is 19.0 Å². The van der Waals surface area contributed by atoms with Crippen LogP contribution in [0.25, 0.3) is 5.69 Å². The molecule has 21 heavy (non-hydrogen) atoms. The molecule has 0 unspecified atom stereocenters. The van der Waals surface area contributed by atoms with Crippen molar-refractivity contribution in [3.63, 3.8) is 0 Å². The highest BCUT2D eigenvalue weighted by Crippen LogP contribution is 2.08. The van der Waals surface area contributed by atoms with Crippen LogP contribution in [-0.2, 0) is 6.54 Å². The number of aromatic nitrogens is 2. The van der Waals surface area contributed by atoms with Crippen molar-refractivity contribution in [2.75, 3.05) is 13.1 Å². The van der Waals surface area contributed by atoms with Crippen molar-refractivity contribution in [3.05, 3.63) is 48.3 Å². The molecule has 0 spiro atoms. The zero-order valence-electron chi connectivity index (χ0n) is 12.1. The van der Waals surface area contributed by atoms with E-state index in [-0.39, 0.29) is 0 Å². The summed E-state index contributed by atoms with van der Waals surface area (Å²) in [6.07, 6.45) is 9.04. The van der Waals surface area contributed by atoms with Crippen molar-refractivity contribution in [3.8, 4) is 18.0 Å². The van der Waals surface area contributed by atoms with Gasteiger partial charge in [-0.15, -0.1) is 6.42 Å². The van der Waals surface area contributed by atoms with Gasteiger partial charge in [0.1, 0.15) is 0 Å². The zero-order valence-corrected chi connectivity index (χ0v) is 12.1. The first-order valence-corrected chi connectivity index (χ1v) is 6.88. The van der Waals surface area contributed by atoms with E-state index >= 15 is 0 Å². The third kappa shape index (κ3) is 4.39. The average Bonchev–Trinajstić information content (AvgIpc) is 3.00. The molecule has 2 N–H and O–H groups in total. The van der Waals surface area contributed by atoms with E-state index in [1.165, 1.54) is 0 Å². The van der Waals surface area contributed by atoms with Crippen LogP contribution in [0.5, 0.6) is 0 Å². The summed E-state index contributed by atoms with van der Waals surface area (Å²) < 4.78 is 1.84. The molecule has 0 fully saturated rings. The maximum Gasteiger partial charge on any atom is 0.192 e. The van der Waals surface area contributed by atoms with Crippen molar-refractivity contribution in [1.29, 1.82) is 0 Å². The number of nitrogens with zero attached hydrogens (tertiary/aromatic N) is 3. The Bertz CT molecular complexity index is 622. The number of guanidine groups is 1. The SMILES string of the molecule is C#CCNC(=NCc1cnn(-c2ccccc2)c1)NCC. The van der Waals surface area contributed by atoms with Gasteiger partial charge in [-0.2, -0.15) is 5.10 Å². The largest absolute Gasteiger partial charge is 0.357 e. The summed E-state index contributed by atoms with van der Waals surface area (Å²) in [6.45, 7) is 3.81. The number of hydrogen-bond donors (Lipinski definition) is 2. The number of para-hydroxylation sites is 1. The van der Waals surface area contributed by atoms with Crippen LogP contribution < -0.4 is 10.6 Å². The third-order valence-electron chi connectivity index (χ3n) is 2.78. The molecule has 5 heteroatoms. The predicted octanol–water partition coefficient (Wildman–Crippen LogP) is 1.56. The van der Waals surface area contributed by atoms with E-state index in [9.17, 15) is 0 Å². The molecule has 0 bridgehead atoms. The van der Waals surface area contributed by atoms with E-state index in [0.717, 1.165) is 17.8 Å². The molecular weight excluding hydrogens is 262 g/mol.